The molecule has 0 radical (unpaired) electrons. The van der Waals surface area contributed by atoms with Gasteiger partial charge in [-0.15, -0.1) is 0 Å². The second-order valence-electron chi connectivity index (χ2n) is 5.19. The van der Waals surface area contributed by atoms with E-state index in [1.54, 1.807) is 0 Å². The fraction of sp³-hybridized carbons (Fsp3) is 0.400. The zero-order chi connectivity index (χ0) is 14.5. The Labute approximate surface area is 123 Å². The van der Waals surface area contributed by atoms with Gasteiger partial charge in [0.1, 0.15) is 12.2 Å². The first-order valence-corrected chi connectivity index (χ1v) is 7.32. The Hall–Kier alpha value is -2.37. The van der Waals surface area contributed by atoms with Gasteiger partial charge < -0.3 is 10.6 Å². The number of fused-ring (bicyclic) bond motifs is 1. The Morgan fingerprint density at radius 1 is 1.38 bits per heavy atom. The number of H-pyrrole nitrogens is 1. The molecule has 1 aromatic heterocycles. The fourth-order valence-electron chi connectivity index (χ4n) is 2.53. The van der Waals surface area contributed by atoms with Gasteiger partial charge in [-0.2, -0.15) is 5.10 Å². The largest absolute Gasteiger partial charge is 0.385 e. The summed E-state index contributed by atoms with van der Waals surface area (Å²) in [6.45, 7) is 1.65. The molecule has 3 N–H and O–H groups in total. The van der Waals surface area contributed by atoms with Gasteiger partial charge in [0.25, 0.3) is 5.91 Å². The van der Waals surface area contributed by atoms with Crippen molar-refractivity contribution < 1.29 is 4.79 Å². The second kappa shape index (κ2) is 6.39. The number of hydrogen-bond donors (Lipinski definition) is 3. The summed E-state index contributed by atoms with van der Waals surface area (Å²) >= 11 is 0. The molecule has 2 heterocycles. The van der Waals surface area contributed by atoms with E-state index in [0.717, 1.165) is 49.3 Å². The highest BCUT2D eigenvalue weighted by atomic mass is 16.1. The Morgan fingerprint density at radius 3 is 3.19 bits per heavy atom. The van der Waals surface area contributed by atoms with Gasteiger partial charge in [-0.1, -0.05) is 0 Å². The van der Waals surface area contributed by atoms with Crippen LogP contribution in [0.25, 0.3) is 0 Å². The molecule has 1 aliphatic rings. The van der Waals surface area contributed by atoms with Gasteiger partial charge >= 0.3 is 0 Å². The second-order valence-corrected chi connectivity index (χ2v) is 5.19. The Kier molecular flexibility index (Phi) is 4.14. The van der Waals surface area contributed by atoms with Crippen LogP contribution in [0.5, 0.6) is 0 Å². The molecule has 2 aromatic rings. The predicted molar refractivity (Wildman–Crippen MR) is 80.3 cm³/mol. The van der Waals surface area contributed by atoms with Crippen molar-refractivity contribution in [3.63, 3.8) is 0 Å². The molecule has 0 atom stereocenters. The highest BCUT2D eigenvalue weighted by molar-refractivity contribution is 5.94. The molecule has 6 nitrogen and oxygen atoms in total. The molecule has 3 rings (SSSR count). The lowest BCUT2D eigenvalue weighted by Gasteiger charge is -2.18. The number of carbonyl (C=O) groups excluding carboxylic acids is 1. The van der Waals surface area contributed by atoms with Crippen molar-refractivity contribution in [3.05, 3.63) is 41.5 Å². The summed E-state index contributed by atoms with van der Waals surface area (Å²) in [5, 5.41) is 12.9. The number of anilines is 1. The van der Waals surface area contributed by atoms with Crippen LogP contribution in [-0.2, 0) is 12.8 Å². The summed E-state index contributed by atoms with van der Waals surface area (Å²) < 4.78 is 0. The monoisotopic (exact) mass is 285 g/mol. The van der Waals surface area contributed by atoms with E-state index in [9.17, 15) is 4.79 Å². The molecular weight excluding hydrogens is 266 g/mol. The number of carbonyl (C=O) groups is 1. The van der Waals surface area contributed by atoms with E-state index in [2.05, 4.69) is 25.8 Å². The van der Waals surface area contributed by atoms with Gasteiger partial charge in [-0.25, -0.2) is 4.98 Å². The lowest BCUT2D eigenvalue weighted by molar-refractivity contribution is 0.0953. The van der Waals surface area contributed by atoms with Crippen molar-refractivity contribution in [1.29, 1.82) is 0 Å². The number of amides is 1. The molecular formula is C15H19N5O. The van der Waals surface area contributed by atoms with E-state index < -0.39 is 0 Å². The quantitative estimate of drug-likeness (QED) is 0.727. The molecule has 110 valence electrons. The van der Waals surface area contributed by atoms with Crippen LogP contribution < -0.4 is 10.6 Å². The summed E-state index contributed by atoms with van der Waals surface area (Å²) in [4.78, 5) is 16.2. The van der Waals surface area contributed by atoms with Crippen molar-refractivity contribution in [2.75, 3.05) is 18.4 Å². The molecule has 1 aliphatic heterocycles. The van der Waals surface area contributed by atoms with E-state index in [-0.39, 0.29) is 5.91 Å². The molecule has 0 bridgehead atoms. The fourth-order valence-corrected chi connectivity index (χ4v) is 2.53. The van der Waals surface area contributed by atoms with Crippen LogP contribution in [-0.4, -0.2) is 34.2 Å². The van der Waals surface area contributed by atoms with Crippen LogP contribution >= 0.6 is 0 Å². The van der Waals surface area contributed by atoms with E-state index in [1.165, 1.54) is 11.9 Å². The number of aromatic nitrogens is 3. The zero-order valence-electron chi connectivity index (χ0n) is 11.9. The van der Waals surface area contributed by atoms with Crippen LogP contribution in [0.15, 0.2) is 24.5 Å². The average molecular weight is 285 g/mol. The highest BCUT2D eigenvalue weighted by Crippen LogP contribution is 2.22. The minimum absolute atomic E-state index is 0.0130. The lowest BCUT2D eigenvalue weighted by Crippen LogP contribution is -2.25. The van der Waals surface area contributed by atoms with Crippen LogP contribution in [0.1, 0.15) is 34.6 Å². The zero-order valence-corrected chi connectivity index (χ0v) is 11.9. The molecule has 1 aromatic carbocycles. The number of nitrogens with zero attached hydrogens (tertiary/aromatic N) is 2. The van der Waals surface area contributed by atoms with Crippen LogP contribution in [0.2, 0.25) is 0 Å². The third-order valence-electron chi connectivity index (χ3n) is 3.65. The van der Waals surface area contributed by atoms with Crippen molar-refractivity contribution in [3.8, 4) is 0 Å². The number of hydrogen-bond acceptors (Lipinski definition) is 4. The van der Waals surface area contributed by atoms with Gasteiger partial charge in [0, 0.05) is 30.8 Å². The average Bonchev–Trinajstić information content (AvgIpc) is 3.04. The maximum Gasteiger partial charge on any atom is 0.251 e. The van der Waals surface area contributed by atoms with Gasteiger partial charge in [-0.3, -0.25) is 9.89 Å². The Morgan fingerprint density at radius 2 is 2.33 bits per heavy atom. The number of aromatic amines is 1. The topological polar surface area (TPSA) is 82.7 Å². The summed E-state index contributed by atoms with van der Waals surface area (Å²) in [7, 11) is 0. The van der Waals surface area contributed by atoms with Gasteiger partial charge in [0.05, 0.1) is 0 Å². The van der Waals surface area contributed by atoms with Crippen molar-refractivity contribution in [2.24, 2.45) is 0 Å². The summed E-state index contributed by atoms with van der Waals surface area (Å²) in [6, 6.07) is 5.87. The standard InChI is InChI=1S/C15H19N5O/c21-15(17-8-2-4-14-18-10-19-20-14)12-5-6-13-11(9-12)3-1-7-16-13/h5-6,9-10,16H,1-4,7-8H2,(H,17,21)(H,18,19,20). The predicted octanol–water partition coefficient (Wildman–Crippen LogP) is 1.53. The van der Waals surface area contributed by atoms with Crippen molar-refractivity contribution >= 4 is 11.6 Å². The molecule has 6 heteroatoms. The first-order chi connectivity index (χ1) is 10.3. The Balaban J connectivity index is 1.51. The molecule has 0 aliphatic carbocycles. The molecule has 21 heavy (non-hydrogen) atoms. The normalized spacial score (nSPS) is 13.3. The number of benzene rings is 1. The highest BCUT2D eigenvalue weighted by Gasteiger charge is 2.12. The van der Waals surface area contributed by atoms with E-state index in [1.807, 2.05) is 18.2 Å². The van der Waals surface area contributed by atoms with Crippen LogP contribution in [0.3, 0.4) is 0 Å². The first kappa shape index (κ1) is 13.6. The molecule has 0 unspecified atom stereocenters. The summed E-state index contributed by atoms with van der Waals surface area (Å²) in [6.07, 6.45) is 5.28. The third-order valence-corrected chi connectivity index (χ3v) is 3.65. The molecule has 0 saturated carbocycles. The van der Waals surface area contributed by atoms with E-state index >= 15 is 0 Å². The molecule has 0 fully saturated rings. The Bertz CT molecular complexity index is 609. The van der Waals surface area contributed by atoms with Crippen molar-refractivity contribution in [1.82, 2.24) is 20.5 Å². The van der Waals surface area contributed by atoms with Gasteiger partial charge in [0.15, 0.2) is 0 Å². The van der Waals surface area contributed by atoms with Gasteiger partial charge in [0.2, 0.25) is 0 Å². The van der Waals surface area contributed by atoms with E-state index in [0.29, 0.717) is 6.54 Å². The minimum Gasteiger partial charge on any atom is -0.385 e. The van der Waals surface area contributed by atoms with Gasteiger partial charge in [-0.05, 0) is 43.0 Å². The smallest absolute Gasteiger partial charge is 0.251 e. The summed E-state index contributed by atoms with van der Waals surface area (Å²) in [5.74, 6) is 0.838. The lowest BCUT2D eigenvalue weighted by atomic mass is 10.0. The molecule has 0 saturated heterocycles. The number of nitrogens with one attached hydrogen (secondary N) is 3. The van der Waals surface area contributed by atoms with Crippen LogP contribution in [0, 0.1) is 0 Å². The third kappa shape index (κ3) is 3.39. The number of rotatable bonds is 5. The van der Waals surface area contributed by atoms with E-state index in [4.69, 9.17) is 0 Å². The summed E-state index contributed by atoms with van der Waals surface area (Å²) in [5.41, 5.74) is 3.12. The first-order valence-electron chi connectivity index (χ1n) is 7.32. The maximum absolute atomic E-state index is 12.1. The molecule has 1 amide bonds. The minimum atomic E-state index is -0.0130. The SMILES string of the molecule is O=C(NCCCc1ncn[nH]1)c1ccc2c(c1)CCCN2. The van der Waals surface area contributed by atoms with Crippen LogP contribution in [0.4, 0.5) is 5.69 Å². The number of aryl methyl sites for hydroxylation is 2. The maximum atomic E-state index is 12.1. The van der Waals surface area contributed by atoms with Crippen molar-refractivity contribution in [2.45, 2.75) is 25.7 Å². The molecule has 0 spiro atoms.